The van der Waals surface area contributed by atoms with Crippen LogP contribution in [0.4, 0.5) is 5.69 Å². The van der Waals surface area contributed by atoms with Crippen LogP contribution in [0.25, 0.3) is 0 Å². The molecule has 2 aromatic carbocycles. The van der Waals surface area contributed by atoms with Gasteiger partial charge in [0, 0.05) is 16.3 Å². The first-order valence-electron chi connectivity index (χ1n) is 7.18. The van der Waals surface area contributed by atoms with Gasteiger partial charge >= 0.3 is 11.8 Å². The number of hydrogen-bond donors (Lipinski definition) is 2. The molecule has 0 spiro atoms. The predicted molar refractivity (Wildman–Crippen MR) is 96.6 cm³/mol. The number of amides is 2. The number of benzene rings is 2. The molecule has 0 aliphatic carbocycles. The molecule has 2 rings (SSSR count). The van der Waals surface area contributed by atoms with Gasteiger partial charge in [-0.15, -0.1) is 0 Å². The number of hydrazone groups is 1. The monoisotopic (exact) mass is 363 g/mol. The zero-order valence-corrected chi connectivity index (χ0v) is 14.4. The number of carbonyl (C=O) groups excluding carboxylic acids is 2. The van der Waals surface area contributed by atoms with Crippen molar-refractivity contribution in [2.24, 2.45) is 5.10 Å². The second-order valence-electron chi connectivity index (χ2n) is 4.83. The lowest BCUT2D eigenvalue weighted by molar-refractivity contribution is -0.136. The average Bonchev–Trinajstić information content (AvgIpc) is 2.57. The molecule has 2 N–H and O–H groups in total. The zero-order chi connectivity index (χ0) is 17.5. The molecule has 5 nitrogen and oxygen atoms in total. The maximum absolute atomic E-state index is 11.9. The number of halogens is 2. The van der Waals surface area contributed by atoms with Crippen molar-refractivity contribution >= 4 is 46.9 Å². The van der Waals surface area contributed by atoms with Gasteiger partial charge in [0.1, 0.15) is 0 Å². The molecular formula is C17H15Cl2N3O2. The van der Waals surface area contributed by atoms with E-state index < -0.39 is 11.8 Å². The molecule has 0 bridgehead atoms. The van der Waals surface area contributed by atoms with Gasteiger partial charge in [-0.05, 0) is 30.2 Å². The summed E-state index contributed by atoms with van der Waals surface area (Å²) in [5, 5.41) is 7.17. The average molecular weight is 364 g/mol. The molecule has 2 aromatic rings. The summed E-state index contributed by atoms with van der Waals surface area (Å²) in [6.45, 7) is 1.96. The van der Waals surface area contributed by atoms with E-state index in [9.17, 15) is 9.59 Å². The second kappa shape index (κ2) is 8.47. The molecule has 0 radical (unpaired) electrons. The highest BCUT2D eigenvalue weighted by atomic mass is 35.5. The Morgan fingerprint density at radius 2 is 1.88 bits per heavy atom. The van der Waals surface area contributed by atoms with E-state index in [0.717, 1.165) is 12.0 Å². The maximum atomic E-state index is 11.9. The highest BCUT2D eigenvalue weighted by molar-refractivity contribution is 6.39. The number of rotatable bonds is 4. The van der Waals surface area contributed by atoms with E-state index in [1.165, 1.54) is 6.21 Å². The first-order chi connectivity index (χ1) is 11.5. The minimum Gasteiger partial charge on any atom is -0.317 e. The Hall–Kier alpha value is -2.37. The lowest BCUT2D eigenvalue weighted by atomic mass is 10.1. The number of aryl methyl sites for hydroxylation is 1. The van der Waals surface area contributed by atoms with Crippen LogP contribution in [-0.4, -0.2) is 18.0 Å². The van der Waals surface area contributed by atoms with Crippen LogP contribution < -0.4 is 10.7 Å². The molecule has 24 heavy (non-hydrogen) atoms. The van der Waals surface area contributed by atoms with Gasteiger partial charge in [-0.25, -0.2) is 5.43 Å². The van der Waals surface area contributed by atoms with Gasteiger partial charge in [0.15, 0.2) is 0 Å². The molecule has 0 aliphatic rings. The molecule has 0 saturated carbocycles. The Morgan fingerprint density at radius 1 is 1.12 bits per heavy atom. The molecule has 0 heterocycles. The molecule has 0 saturated heterocycles. The van der Waals surface area contributed by atoms with Crippen LogP contribution in [0.1, 0.15) is 18.1 Å². The minimum absolute atomic E-state index is 0.391. The highest BCUT2D eigenvalue weighted by Crippen LogP contribution is 2.19. The van der Waals surface area contributed by atoms with Gasteiger partial charge in [0.25, 0.3) is 0 Å². The first-order valence-corrected chi connectivity index (χ1v) is 7.94. The summed E-state index contributed by atoms with van der Waals surface area (Å²) in [5.41, 5.74) is 4.27. The normalized spacial score (nSPS) is 10.6. The van der Waals surface area contributed by atoms with E-state index in [-0.39, 0.29) is 0 Å². The summed E-state index contributed by atoms with van der Waals surface area (Å²) in [6, 6.07) is 12.1. The Morgan fingerprint density at radius 3 is 2.58 bits per heavy atom. The summed E-state index contributed by atoms with van der Waals surface area (Å²) in [4.78, 5) is 23.7. The van der Waals surface area contributed by atoms with Gasteiger partial charge in [0.2, 0.25) is 0 Å². The molecule has 0 atom stereocenters. The van der Waals surface area contributed by atoms with E-state index in [2.05, 4.69) is 15.8 Å². The molecule has 124 valence electrons. The van der Waals surface area contributed by atoms with Gasteiger partial charge in [-0.3, -0.25) is 9.59 Å². The molecule has 0 aromatic heterocycles. The van der Waals surface area contributed by atoms with Crippen molar-refractivity contribution in [2.75, 3.05) is 5.32 Å². The molecule has 7 heteroatoms. The Bertz CT molecular complexity index is 791. The number of nitrogens with zero attached hydrogens (tertiary/aromatic N) is 1. The third kappa shape index (κ3) is 4.81. The van der Waals surface area contributed by atoms with Crippen molar-refractivity contribution in [1.82, 2.24) is 5.43 Å². The molecule has 0 fully saturated rings. The second-order valence-corrected chi connectivity index (χ2v) is 5.67. The topological polar surface area (TPSA) is 70.6 Å². The lowest BCUT2D eigenvalue weighted by Crippen LogP contribution is -2.32. The number of nitrogens with one attached hydrogen (secondary N) is 2. The molecule has 2 amide bonds. The smallest absolute Gasteiger partial charge is 0.317 e. The Labute approximate surface area is 149 Å². The fourth-order valence-corrected chi connectivity index (χ4v) is 2.40. The summed E-state index contributed by atoms with van der Waals surface area (Å²) < 4.78 is 0. The van der Waals surface area contributed by atoms with Crippen LogP contribution in [0.2, 0.25) is 10.0 Å². The predicted octanol–water partition coefficient (Wildman–Crippen LogP) is 3.64. The summed E-state index contributed by atoms with van der Waals surface area (Å²) >= 11 is 11.8. The van der Waals surface area contributed by atoms with Crippen LogP contribution in [-0.2, 0) is 16.0 Å². The fourth-order valence-electron chi connectivity index (χ4n) is 1.95. The van der Waals surface area contributed by atoms with E-state index >= 15 is 0 Å². The van der Waals surface area contributed by atoms with Crippen molar-refractivity contribution in [3.8, 4) is 0 Å². The van der Waals surface area contributed by atoms with Crippen molar-refractivity contribution < 1.29 is 9.59 Å². The van der Waals surface area contributed by atoms with Crippen molar-refractivity contribution in [1.29, 1.82) is 0 Å². The lowest BCUT2D eigenvalue weighted by Gasteiger charge is -2.08. The number of anilines is 1. The number of carbonyl (C=O) groups is 2. The van der Waals surface area contributed by atoms with Gasteiger partial charge in [-0.1, -0.05) is 54.4 Å². The summed E-state index contributed by atoms with van der Waals surface area (Å²) in [7, 11) is 0. The SMILES string of the molecule is CCc1ccccc1NC(=O)C(=O)NN=Cc1ccc(Cl)cc1Cl. The third-order valence-corrected chi connectivity index (χ3v) is 3.75. The van der Waals surface area contributed by atoms with Crippen LogP contribution in [0.3, 0.4) is 0 Å². The minimum atomic E-state index is -0.873. The fraction of sp³-hybridized carbons (Fsp3) is 0.118. The van der Waals surface area contributed by atoms with Crippen LogP contribution >= 0.6 is 23.2 Å². The van der Waals surface area contributed by atoms with Crippen LogP contribution in [0, 0.1) is 0 Å². The molecule has 0 aliphatic heterocycles. The zero-order valence-electron chi connectivity index (χ0n) is 12.8. The molecule has 0 unspecified atom stereocenters. The van der Waals surface area contributed by atoms with E-state index in [1.54, 1.807) is 30.3 Å². The standard InChI is InChI=1S/C17H15Cl2N3O2/c1-2-11-5-3-4-6-15(11)21-16(23)17(24)22-20-10-12-7-8-13(18)9-14(12)19/h3-10H,2H2,1H3,(H,21,23)(H,22,24). The van der Waals surface area contributed by atoms with Crippen LogP contribution in [0.5, 0.6) is 0 Å². The van der Waals surface area contributed by atoms with Crippen molar-refractivity contribution in [3.05, 3.63) is 63.6 Å². The highest BCUT2D eigenvalue weighted by Gasteiger charge is 2.14. The third-order valence-electron chi connectivity index (χ3n) is 3.18. The number of para-hydroxylation sites is 1. The first kappa shape index (κ1) is 18.0. The van der Waals surface area contributed by atoms with Crippen molar-refractivity contribution in [2.45, 2.75) is 13.3 Å². The van der Waals surface area contributed by atoms with Crippen molar-refractivity contribution in [3.63, 3.8) is 0 Å². The largest absolute Gasteiger partial charge is 0.329 e. The Kier molecular flexibility index (Phi) is 6.35. The van der Waals surface area contributed by atoms with Crippen LogP contribution in [0.15, 0.2) is 47.6 Å². The summed E-state index contributed by atoms with van der Waals surface area (Å²) in [6.07, 6.45) is 2.08. The van der Waals surface area contributed by atoms with E-state index in [4.69, 9.17) is 23.2 Å². The summed E-state index contributed by atoms with van der Waals surface area (Å²) in [5.74, 6) is -1.67. The van der Waals surface area contributed by atoms with Gasteiger partial charge in [-0.2, -0.15) is 5.10 Å². The number of hydrogen-bond acceptors (Lipinski definition) is 3. The van der Waals surface area contributed by atoms with Gasteiger partial charge in [0.05, 0.1) is 11.2 Å². The van der Waals surface area contributed by atoms with E-state index in [1.807, 2.05) is 19.1 Å². The molecular weight excluding hydrogens is 349 g/mol. The maximum Gasteiger partial charge on any atom is 0.329 e. The van der Waals surface area contributed by atoms with E-state index in [0.29, 0.717) is 21.3 Å². The van der Waals surface area contributed by atoms with Gasteiger partial charge < -0.3 is 5.32 Å². The quantitative estimate of drug-likeness (QED) is 0.494. The Balaban J connectivity index is 1.96.